The molecule has 1 saturated heterocycles. The summed E-state index contributed by atoms with van der Waals surface area (Å²) in [6.45, 7) is 0.541. The van der Waals surface area contributed by atoms with Gasteiger partial charge in [0.15, 0.2) is 0 Å². The Balaban J connectivity index is 2.27. The highest BCUT2D eigenvalue weighted by Crippen LogP contribution is 2.22. The van der Waals surface area contributed by atoms with Gasteiger partial charge in [-0.25, -0.2) is 0 Å². The van der Waals surface area contributed by atoms with Gasteiger partial charge in [0.05, 0.1) is 13.0 Å². The molecular formula is C10H13NO2. The lowest BCUT2D eigenvalue weighted by atomic mass is 10.1. The molecule has 1 heterocycles. The van der Waals surface area contributed by atoms with E-state index in [4.69, 9.17) is 4.74 Å². The molecule has 3 nitrogen and oxygen atoms in total. The van der Waals surface area contributed by atoms with Crippen molar-refractivity contribution in [1.29, 1.82) is 0 Å². The molecule has 0 aromatic rings. The summed E-state index contributed by atoms with van der Waals surface area (Å²) in [4.78, 5) is 13.2. The van der Waals surface area contributed by atoms with Crippen molar-refractivity contribution < 1.29 is 9.53 Å². The molecule has 1 amide bonds. The molecule has 2 rings (SSSR count). The second kappa shape index (κ2) is 3.34. The first-order valence-electron chi connectivity index (χ1n) is 4.54. The first kappa shape index (κ1) is 8.51. The first-order chi connectivity index (χ1) is 6.29. The highest BCUT2D eigenvalue weighted by Gasteiger charge is 2.26. The summed E-state index contributed by atoms with van der Waals surface area (Å²) >= 11 is 0. The standard InChI is InChI=1S/C10H13NO2/c1-11-8-4-2-3-5-9(8)13-7-6-10(11)12/h2-4,9H,5-7H2,1H3. The first-order valence-corrected chi connectivity index (χ1v) is 4.54. The molecule has 1 unspecified atom stereocenters. The molecule has 0 spiro atoms. The van der Waals surface area contributed by atoms with Crippen LogP contribution in [0.15, 0.2) is 23.9 Å². The average molecular weight is 179 g/mol. The van der Waals surface area contributed by atoms with E-state index in [0.29, 0.717) is 13.0 Å². The Kier molecular flexibility index (Phi) is 2.19. The number of likely N-dealkylation sites (N-methyl/N-ethyl adjacent to an activating group) is 1. The van der Waals surface area contributed by atoms with E-state index in [2.05, 4.69) is 6.08 Å². The van der Waals surface area contributed by atoms with Gasteiger partial charge in [-0.3, -0.25) is 4.79 Å². The molecule has 1 aliphatic heterocycles. The zero-order valence-corrected chi connectivity index (χ0v) is 7.69. The summed E-state index contributed by atoms with van der Waals surface area (Å²) in [7, 11) is 1.81. The lowest BCUT2D eigenvalue weighted by molar-refractivity contribution is -0.127. The Morgan fingerprint density at radius 2 is 2.46 bits per heavy atom. The van der Waals surface area contributed by atoms with Crippen molar-refractivity contribution >= 4 is 5.91 Å². The smallest absolute Gasteiger partial charge is 0.228 e. The number of nitrogens with zero attached hydrogens (tertiary/aromatic N) is 1. The number of fused-ring (bicyclic) bond motifs is 1. The number of amides is 1. The number of carbonyl (C=O) groups is 1. The van der Waals surface area contributed by atoms with Gasteiger partial charge in [0.2, 0.25) is 5.91 Å². The van der Waals surface area contributed by atoms with Crippen LogP contribution in [-0.2, 0) is 9.53 Å². The predicted molar refractivity (Wildman–Crippen MR) is 49.0 cm³/mol. The normalized spacial score (nSPS) is 28.1. The Morgan fingerprint density at radius 1 is 1.62 bits per heavy atom. The molecule has 3 heteroatoms. The highest BCUT2D eigenvalue weighted by molar-refractivity contribution is 5.78. The Morgan fingerprint density at radius 3 is 3.31 bits per heavy atom. The maximum Gasteiger partial charge on any atom is 0.228 e. The van der Waals surface area contributed by atoms with Crippen molar-refractivity contribution in [3.05, 3.63) is 23.9 Å². The van der Waals surface area contributed by atoms with Crippen molar-refractivity contribution in [2.75, 3.05) is 13.7 Å². The van der Waals surface area contributed by atoms with Gasteiger partial charge in [0, 0.05) is 12.7 Å². The summed E-state index contributed by atoms with van der Waals surface area (Å²) < 4.78 is 5.57. The molecule has 0 aromatic carbocycles. The third kappa shape index (κ3) is 1.52. The van der Waals surface area contributed by atoms with E-state index in [1.54, 1.807) is 4.90 Å². The lowest BCUT2D eigenvalue weighted by Gasteiger charge is -2.25. The van der Waals surface area contributed by atoms with Crippen molar-refractivity contribution in [2.24, 2.45) is 0 Å². The number of carbonyl (C=O) groups excluding carboxylic acids is 1. The van der Waals surface area contributed by atoms with E-state index in [1.807, 2.05) is 19.2 Å². The molecule has 70 valence electrons. The number of rotatable bonds is 0. The fourth-order valence-electron chi connectivity index (χ4n) is 1.68. The van der Waals surface area contributed by atoms with Crippen molar-refractivity contribution in [1.82, 2.24) is 4.90 Å². The molecule has 1 atom stereocenters. The van der Waals surface area contributed by atoms with Crippen molar-refractivity contribution in [2.45, 2.75) is 18.9 Å². The summed E-state index contributed by atoms with van der Waals surface area (Å²) in [6.07, 6.45) is 7.45. The minimum absolute atomic E-state index is 0.0847. The van der Waals surface area contributed by atoms with Crippen molar-refractivity contribution in [3.8, 4) is 0 Å². The highest BCUT2D eigenvalue weighted by atomic mass is 16.5. The maximum absolute atomic E-state index is 11.4. The van der Waals surface area contributed by atoms with Crippen LogP contribution in [0.4, 0.5) is 0 Å². The van der Waals surface area contributed by atoms with Crippen LogP contribution in [0.1, 0.15) is 12.8 Å². The molecule has 0 radical (unpaired) electrons. The van der Waals surface area contributed by atoms with Gasteiger partial charge in [0.1, 0.15) is 6.10 Å². The lowest BCUT2D eigenvalue weighted by Crippen LogP contribution is -2.30. The Labute approximate surface area is 77.7 Å². The summed E-state index contributed by atoms with van der Waals surface area (Å²) in [5, 5.41) is 0. The third-order valence-electron chi connectivity index (χ3n) is 2.48. The number of allylic oxidation sites excluding steroid dienone is 2. The molecule has 0 aromatic heterocycles. The minimum Gasteiger partial charge on any atom is -0.371 e. The molecule has 1 aliphatic carbocycles. The number of ether oxygens (including phenoxy) is 1. The summed E-state index contributed by atoms with van der Waals surface area (Å²) in [5.41, 5.74) is 0.991. The van der Waals surface area contributed by atoms with Gasteiger partial charge in [-0.15, -0.1) is 0 Å². The third-order valence-corrected chi connectivity index (χ3v) is 2.48. The van der Waals surface area contributed by atoms with Crippen LogP contribution < -0.4 is 0 Å². The van der Waals surface area contributed by atoms with Gasteiger partial charge in [0.25, 0.3) is 0 Å². The molecule has 2 aliphatic rings. The van der Waals surface area contributed by atoms with Crippen LogP contribution in [0.2, 0.25) is 0 Å². The second-order valence-corrected chi connectivity index (χ2v) is 3.32. The zero-order valence-electron chi connectivity index (χ0n) is 7.69. The SMILES string of the molecule is CN1C(=O)CCOC2CC=CC=C21. The van der Waals surface area contributed by atoms with Crippen LogP contribution in [-0.4, -0.2) is 30.6 Å². The van der Waals surface area contributed by atoms with Crippen LogP contribution in [0.3, 0.4) is 0 Å². The van der Waals surface area contributed by atoms with Crippen LogP contribution in [0.25, 0.3) is 0 Å². The topological polar surface area (TPSA) is 29.5 Å². The number of hydrogen-bond donors (Lipinski definition) is 0. The van der Waals surface area contributed by atoms with E-state index in [1.165, 1.54) is 0 Å². The fourth-order valence-corrected chi connectivity index (χ4v) is 1.68. The van der Waals surface area contributed by atoms with Crippen LogP contribution in [0, 0.1) is 0 Å². The van der Waals surface area contributed by atoms with Gasteiger partial charge < -0.3 is 9.64 Å². The Hall–Kier alpha value is -1.09. The fraction of sp³-hybridized carbons (Fsp3) is 0.500. The quantitative estimate of drug-likeness (QED) is 0.557. The van der Waals surface area contributed by atoms with Gasteiger partial charge in [-0.2, -0.15) is 0 Å². The van der Waals surface area contributed by atoms with E-state index >= 15 is 0 Å². The summed E-state index contributed by atoms with van der Waals surface area (Å²) in [6, 6.07) is 0. The van der Waals surface area contributed by atoms with Gasteiger partial charge in [-0.05, 0) is 12.5 Å². The number of hydrogen-bond acceptors (Lipinski definition) is 2. The van der Waals surface area contributed by atoms with Gasteiger partial charge >= 0.3 is 0 Å². The minimum atomic E-state index is 0.0847. The maximum atomic E-state index is 11.4. The molecule has 0 N–H and O–H groups in total. The molecule has 13 heavy (non-hydrogen) atoms. The predicted octanol–water partition coefficient (Wildman–Crippen LogP) is 1.08. The molecule has 0 saturated carbocycles. The second-order valence-electron chi connectivity index (χ2n) is 3.32. The van der Waals surface area contributed by atoms with E-state index in [9.17, 15) is 4.79 Å². The molecule has 1 fully saturated rings. The average Bonchev–Trinajstić information content (AvgIpc) is 2.29. The van der Waals surface area contributed by atoms with Crippen LogP contribution in [0.5, 0.6) is 0 Å². The van der Waals surface area contributed by atoms with Gasteiger partial charge in [-0.1, -0.05) is 12.2 Å². The molecule has 0 bridgehead atoms. The largest absolute Gasteiger partial charge is 0.371 e. The molecular weight excluding hydrogens is 166 g/mol. The summed E-state index contributed by atoms with van der Waals surface area (Å²) in [5.74, 6) is 0.143. The Bertz CT molecular complexity index is 281. The van der Waals surface area contributed by atoms with E-state index < -0.39 is 0 Å². The van der Waals surface area contributed by atoms with E-state index in [0.717, 1.165) is 12.1 Å². The van der Waals surface area contributed by atoms with Crippen molar-refractivity contribution in [3.63, 3.8) is 0 Å². The zero-order chi connectivity index (χ0) is 9.26. The van der Waals surface area contributed by atoms with E-state index in [-0.39, 0.29) is 12.0 Å². The monoisotopic (exact) mass is 179 g/mol. The van der Waals surface area contributed by atoms with Crippen LogP contribution >= 0.6 is 0 Å².